The second kappa shape index (κ2) is 7.04. The smallest absolute Gasteiger partial charge is 0.221 e. The molecule has 2 fully saturated rings. The molecule has 3 atom stereocenters. The standard InChI is InChI=1S/C12H22N2O4/c15-10(6-13-9-4-12(16)14-5-9)7-17-8-11-2-1-3-18-11/h9-11,13,15H,1-8H2,(H,14,16). The zero-order valence-corrected chi connectivity index (χ0v) is 10.6. The molecular weight excluding hydrogens is 236 g/mol. The van der Waals surface area contributed by atoms with Crippen LogP contribution in [-0.4, -0.2) is 62.2 Å². The number of amides is 1. The number of hydrogen-bond acceptors (Lipinski definition) is 5. The SMILES string of the molecule is O=C1CC(NCC(O)COCC2CCCO2)CN1. The average Bonchev–Trinajstić information content (AvgIpc) is 2.98. The Morgan fingerprint density at radius 3 is 3.17 bits per heavy atom. The van der Waals surface area contributed by atoms with Crippen LogP contribution in [0.4, 0.5) is 0 Å². The Bertz CT molecular complexity index is 269. The van der Waals surface area contributed by atoms with E-state index >= 15 is 0 Å². The van der Waals surface area contributed by atoms with Gasteiger partial charge in [0.15, 0.2) is 0 Å². The van der Waals surface area contributed by atoms with Gasteiger partial charge in [0.1, 0.15) is 0 Å². The number of carbonyl (C=O) groups is 1. The topological polar surface area (TPSA) is 79.8 Å². The van der Waals surface area contributed by atoms with E-state index in [1.165, 1.54) is 0 Å². The van der Waals surface area contributed by atoms with E-state index in [1.807, 2.05) is 0 Å². The van der Waals surface area contributed by atoms with Crippen LogP contribution in [0.1, 0.15) is 19.3 Å². The van der Waals surface area contributed by atoms with Crippen molar-refractivity contribution in [3.63, 3.8) is 0 Å². The van der Waals surface area contributed by atoms with E-state index in [4.69, 9.17) is 9.47 Å². The second-order valence-electron chi connectivity index (χ2n) is 4.94. The highest BCUT2D eigenvalue weighted by Crippen LogP contribution is 2.11. The minimum Gasteiger partial charge on any atom is -0.389 e. The van der Waals surface area contributed by atoms with E-state index < -0.39 is 6.10 Å². The molecule has 2 aliphatic rings. The first-order chi connectivity index (χ1) is 8.74. The minimum absolute atomic E-state index is 0.0663. The molecule has 2 saturated heterocycles. The third kappa shape index (κ3) is 4.53. The van der Waals surface area contributed by atoms with E-state index in [9.17, 15) is 9.90 Å². The third-order valence-corrected chi connectivity index (χ3v) is 3.26. The fraction of sp³-hybridized carbons (Fsp3) is 0.917. The van der Waals surface area contributed by atoms with E-state index in [0.29, 0.717) is 32.7 Å². The molecule has 18 heavy (non-hydrogen) atoms. The molecule has 2 aliphatic heterocycles. The van der Waals surface area contributed by atoms with Gasteiger partial charge in [-0.25, -0.2) is 0 Å². The molecule has 2 heterocycles. The monoisotopic (exact) mass is 258 g/mol. The van der Waals surface area contributed by atoms with Crippen molar-refractivity contribution in [2.75, 3.05) is 32.9 Å². The first-order valence-corrected chi connectivity index (χ1v) is 6.61. The lowest BCUT2D eigenvalue weighted by Gasteiger charge is -2.16. The lowest BCUT2D eigenvalue weighted by atomic mass is 10.2. The third-order valence-electron chi connectivity index (χ3n) is 3.26. The largest absolute Gasteiger partial charge is 0.389 e. The minimum atomic E-state index is -0.540. The predicted molar refractivity (Wildman–Crippen MR) is 65.2 cm³/mol. The van der Waals surface area contributed by atoms with Gasteiger partial charge < -0.3 is 25.2 Å². The Labute approximate surface area is 107 Å². The number of carbonyl (C=O) groups excluding carboxylic acids is 1. The van der Waals surface area contributed by atoms with Gasteiger partial charge in [0.05, 0.1) is 25.4 Å². The van der Waals surface area contributed by atoms with Crippen LogP contribution in [-0.2, 0) is 14.3 Å². The Morgan fingerprint density at radius 1 is 1.61 bits per heavy atom. The Hall–Kier alpha value is -0.690. The first-order valence-electron chi connectivity index (χ1n) is 6.61. The molecule has 6 heteroatoms. The van der Waals surface area contributed by atoms with Gasteiger partial charge in [-0.2, -0.15) is 0 Å². The summed E-state index contributed by atoms with van der Waals surface area (Å²) in [6.07, 6.45) is 2.29. The second-order valence-corrected chi connectivity index (χ2v) is 4.94. The van der Waals surface area contributed by atoms with Gasteiger partial charge >= 0.3 is 0 Å². The van der Waals surface area contributed by atoms with Crippen molar-refractivity contribution in [1.82, 2.24) is 10.6 Å². The van der Waals surface area contributed by atoms with Gasteiger partial charge in [0, 0.05) is 32.2 Å². The van der Waals surface area contributed by atoms with Crippen LogP contribution in [0.2, 0.25) is 0 Å². The lowest BCUT2D eigenvalue weighted by molar-refractivity contribution is -0.119. The predicted octanol–water partition coefficient (Wildman–Crippen LogP) is -0.979. The fourth-order valence-electron chi connectivity index (χ4n) is 2.22. The van der Waals surface area contributed by atoms with Crippen LogP contribution < -0.4 is 10.6 Å². The zero-order valence-electron chi connectivity index (χ0n) is 10.6. The van der Waals surface area contributed by atoms with E-state index in [1.54, 1.807) is 0 Å². The molecule has 104 valence electrons. The van der Waals surface area contributed by atoms with E-state index in [0.717, 1.165) is 19.4 Å². The number of ether oxygens (including phenoxy) is 2. The summed E-state index contributed by atoms with van der Waals surface area (Å²) < 4.78 is 10.8. The summed E-state index contributed by atoms with van der Waals surface area (Å²) in [6.45, 7) is 2.77. The summed E-state index contributed by atoms with van der Waals surface area (Å²) in [5, 5.41) is 15.6. The van der Waals surface area contributed by atoms with Gasteiger partial charge in [0.2, 0.25) is 5.91 Å². The van der Waals surface area contributed by atoms with E-state index in [2.05, 4.69) is 10.6 Å². The van der Waals surface area contributed by atoms with Crippen LogP contribution in [0, 0.1) is 0 Å². The quantitative estimate of drug-likeness (QED) is 0.547. The molecule has 1 amide bonds. The van der Waals surface area contributed by atoms with Crippen molar-refractivity contribution in [3.8, 4) is 0 Å². The van der Waals surface area contributed by atoms with Crippen molar-refractivity contribution in [1.29, 1.82) is 0 Å². The fourth-order valence-corrected chi connectivity index (χ4v) is 2.22. The van der Waals surface area contributed by atoms with Crippen LogP contribution in [0.5, 0.6) is 0 Å². The molecule has 0 aromatic carbocycles. The Morgan fingerprint density at radius 2 is 2.50 bits per heavy atom. The number of nitrogens with one attached hydrogen (secondary N) is 2. The number of aliphatic hydroxyl groups excluding tert-OH is 1. The van der Waals surface area contributed by atoms with Crippen LogP contribution in [0.15, 0.2) is 0 Å². The molecule has 0 aromatic heterocycles. The molecule has 0 radical (unpaired) electrons. The maximum absolute atomic E-state index is 11.0. The average molecular weight is 258 g/mol. The maximum Gasteiger partial charge on any atom is 0.221 e. The van der Waals surface area contributed by atoms with Crippen LogP contribution in [0.3, 0.4) is 0 Å². The summed E-state index contributed by atoms with van der Waals surface area (Å²) >= 11 is 0. The molecule has 0 bridgehead atoms. The molecule has 0 aliphatic carbocycles. The van der Waals surface area contributed by atoms with Crippen molar-refractivity contribution >= 4 is 5.91 Å². The van der Waals surface area contributed by atoms with Crippen molar-refractivity contribution in [3.05, 3.63) is 0 Å². The highest BCUT2D eigenvalue weighted by atomic mass is 16.5. The van der Waals surface area contributed by atoms with Crippen LogP contribution >= 0.6 is 0 Å². The zero-order chi connectivity index (χ0) is 12.8. The molecule has 0 saturated carbocycles. The van der Waals surface area contributed by atoms with Gasteiger partial charge in [-0.3, -0.25) is 4.79 Å². The van der Waals surface area contributed by atoms with Gasteiger partial charge in [-0.05, 0) is 12.8 Å². The summed E-state index contributed by atoms with van der Waals surface area (Å²) in [4.78, 5) is 11.0. The molecule has 0 aromatic rings. The normalized spacial score (nSPS) is 29.5. The molecular formula is C12H22N2O4. The molecule has 3 N–H and O–H groups in total. The number of rotatable bonds is 7. The first kappa shape index (κ1) is 13.7. The summed E-state index contributed by atoms with van der Waals surface area (Å²) in [7, 11) is 0. The van der Waals surface area contributed by atoms with E-state index in [-0.39, 0.29) is 18.1 Å². The van der Waals surface area contributed by atoms with Crippen molar-refractivity contribution in [2.24, 2.45) is 0 Å². The van der Waals surface area contributed by atoms with Gasteiger partial charge in [-0.1, -0.05) is 0 Å². The van der Waals surface area contributed by atoms with Crippen molar-refractivity contribution in [2.45, 2.75) is 37.5 Å². The Balaban J connectivity index is 1.49. The highest BCUT2D eigenvalue weighted by molar-refractivity contribution is 5.78. The maximum atomic E-state index is 11.0. The summed E-state index contributed by atoms with van der Waals surface area (Å²) in [5.74, 6) is 0.0663. The molecule has 6 nitrogen and oxygen atoms in total. The number of hydrogen-bond donors (Lipinski definition) is 3. The lowest BCUT2D eigenvalue weighted by Crippen LogP contribution is -2.38. The molecule has 3 unspecified atom stereocenters. The van der Waals surface area contributed by atoms with Crippen LogP contribution in [0.25, 0.3) is 0 Å². The van der Waals surface area contributed by atoms with Gasteiger partial charge in [0.25, 0.3) is 0 Å². The molecule has 2 rings (SSSR count). The molecule has 0 spiro atoms. The Kier molecular flexibility index (Phi) is 5.37. The van der Waals surface area contributed by atoms with Crippen molar-refractivity contribution < 1.29 is 19.4 Å². The summed E-state index contributed by atoms with van der Waals surface area (Å²) in [6, 6.07) is 0.130. The highest BCUT2D eigenvalue weighted by Gasteiger charge is 2.21. The summed E-state index contributed by atoms with van der Waals surface area (Å²) in [5.41, 5.74) is 0. The van der Waals surface area contributed by atoms with Gasteiger partial charge in [-0.15, -0.1) is 0 Å². The number of aliphatic hydroxyl groups is 1.